The van der Waals surface area contributed by atoms with Crippen LogP contribution in [0.2, 0.25) is 0 Å². The summed E-state index contributed by atoms with van der Waals surface area (Å²) in [6, 6.07) is 8.85. The van der Waals surface area contributed by atoms with Crippen LogP contribution in [-0.2, 0) is 16.6 Å². The van der Waals surface area contributed by atoms with Crippen LogP contribution in [0.3, 0.4) is 0 Å². The van der Waals surface area contributed by atoms with E-state index in [4.69, 9.17) is 5.73 Å². The number of anilines is 1. The maximum absolute atomic E-state index is 13.6. The summed E-state index contributed by atoms with van der Waals surface area (Å²) in [5.74, 6) is -0.483. The Morgan fingerprint density at radius 2 is 1.71 bits per heavy atom. The molecule has 2 aromatic rings. The summed E-state index contributed by atoms with van der Waals surface area (Å²) in [5.41, 5.74) is 6.04. The first kappa shape index (κ1) is 16.4. The molecule has 0 aliphatic rings. The molecule has 21 heavy (non-hydrogen) atoms. The standard InChI is InChI=1S/C13H11Br2FN2O2S/c14-9-1-3-11(16)8(5-9)7-18-21(19,20)13-6-10(15)2-4-12(13)17/h1-6,18H,7,17H2. The number of halogens is 3. The van der Waals surface area contributed by atoms with Gasteiger partial charge < -0.3 is 5.73 Å². The second kappa shape index (κ2) is 6.43. The van der Waals surface area contributed by atoms with E-state index in [9.17, 15) is 12.8 Å². The maximum atomic E-state index is 13.6. The molecule has 0 aliphatic heterocycles. The molecule has 112 valence electrons. The predicted octanol–water partition coefficient (Wildman–Crippen LogP) is 3.41. The van der Waals surface area contributed by atoms with Crippen molar-refractivity contribution in [2.75, 3.05) is 5.73 Å². The van der Waals surface area contributed by atoms with Crippen molar-refractivity contribution in [2.45, 2.75) is 11.4 Å². The van der Waals surface area contributed by atoms with Gasteiger partial charge in [-0.2, -0.15) is 0 Å². The van der Waals surface area contributed by atoms with Crippen LogP contribution in [-0.4, -0.2) is 8.42 Å². The molecule has 0 unspecified atom stereocenters. The van der Waals surface area contributed by atoms with E-state index in [0.717, 1.165) is 0 Å². The summed E-state index contributed by atoms with van der Waals surface area (Å²) in [6.45, 7) is -0.167. The molecule has 0 saturated heterocycles. The maximum Gasteiger partial charge on any atom is 0.242 e. The smallest absolute Gasteiger partial charge is 0.242 e. The van der Waals surface area contributed by atoms with Gasteiger partial charge in [-0.1, -0.05) is 31.9 Å². The number of hydrogen-bond donors (Lipinski definition) is 2. The second-order valence-electron chi connectivity index (χ2n) is 4.24. The average Bonchev–Trinajstić information content (AvgIpc) is 2.42. The fourth-order valence-electron chi connectivity index (χ4n) is 1.67. The fourth-order valence-corrected chi connectivity index (χ4v) is 3.75. The van der Waals surface area contributed by atoms with E-state index in [-0.39, 0.29) is 22.7 Å². The zero-order chi connectivity index (χ0) is 15.6. The minimum atomic E-state index is -3.83. The number of rotatable bonds is 4. The van der Waals surface area contributed by atoms with Crippen LogP contribution in [0.15, 0.2) is 50.2 Å². The third-order valence-corrected chi connectivity index (χ3v) is 5.17. The molecule has 0 spiro atoms. The second-order valence-corrected chi connectivity index (χ2v) is 7.81. The lowest BCUT2D eigenvalue weighted by Crippen LogP contribution is -2.24. The van der Waals surface area contributed by atoms with Crippen molar-refractivity contribution in [3.05, 3.63) is 56.7 Å². The molecule has 0 heterocycles. The number of sulfonamides is 1. The van der Waals surface area contributed by atoms with Crippen LogP contribution in [0.1, 0.15) is 5.56 Å². The molecule has 0 aliphatic carbocycles. The highest BCUT2D eigenvalue weighted by Gasteiger charge is 2.18. The van der Waals surface area contributed by atoms with Gasteiger partial charge in [-0.15, -0.1) is 0 Å². The van der Waals surface area contributed by atoms with Crippen LogP contribution in [0.25, 0.3) is 0 Å². The molecule has 3 N–H and O–H groups in total. The minimum absolute atomic E-state index is 0.0488. The Morgan fingerprint density at radius 1 is 1.10 bits per heavy atom. The normalized spacial score (nSPS) is 11.6. The molecule has 0 saturated carbocycles. The summed E-state index contributed by atoms with van der Waals surface area (Å²) in [5, 5.41) is 0. The first-order chi connectivity index (χ1) is 9.79. The van der Waals surface area contributed by atoms with Crippen molar-refractivity contribution < 1.29 is 12.8 Å². The van der Waals surface area contributed by atoms with Crippen LogP contribution < -0.4 is 10.5 Å². The molecule has 0 amide bonds. The summed E-state index contributed by atoms with van der Waals surface area (Å²) < 4.78 is 41.7. The highest BCUT2D eigenvalue weighted by molar-refractivity contribution is 9.10. The molecule has 0 radical (unpaired) electrons. The third-order valence-electron chi connectivity index (χ3n) is 2.73. The Hall–Kier alpha value is -0.960. The summed E-state index contributed by atoms with van der Waals surface area (Å²) in [7, 11) is -3.83. The number of nitrogens with two attached hydrogens (primary N) is 1. The van der Waals surface area contributed by atoms with Gasteiger partial charge in [-0.05, 0) is 36.4 Å². The van der Waals surface area contributed by atoms with E-state index in [1.165, 1.54) is 24.3 Å². The topological polar surface area (TPSA) is 72.2 Å². The molecule has 2 rings (SSSR count). The molecule has 2 aromatic carbocycles. The van der Waals surface area contributed by atoms with Gasteiger partial charge in [0.15, 0.2) is 0 Å². The van der Waals surface area contributed by atoms with Crippen molar-refractivity contribution in [3.8, 4) is 0 Å². The number of benzene rings is 2. The Kier molecular flexibility index (Phi) is 5.03. The number of hydrogen-bond acceptors (Lipinski definition) is 3. The van der Waals surface area contributed by atoms with Crippen molar-refractivity contribution >= 4 is 47.6 Å². The van der Waals surface area contributed by atoms with E-state index in [2.05, 4.69) is 36.6 Å². The lowest BCUT2D eigenvalue weighted by molar-refractivity contribution is 0.574. The van der Waals surface area contributed by atoms with Gasteiger partial charge in [0.2, 0.25) is 10.0 Å². The van der Waals surface area contributed by atoms with E-state index in [0.29, 0.717) is 8.95 Å². The Balaban J connectivity index is 2.26. The van der Waals surface area contributed by atoms with E-state index in [1.807, 2.05) is 0 Å². The highest BCUT2D eigenvalue weighted by Crippen LogP contribution is 2.23. The van der Waals surface area contributed by atoms with E-state index >= 15 is 0 Å². The SMILES string of the molecule is Nc1ccc(Br)cc1S(=O)(=O)NCc1cc(Br)ccc1F. The first-order valence-electron chi connectivity index (χ1n) is 5.78. The van der Waals surface area contributed by atoms with Crippen LogP contribution in [0.4, 0.5) is 10.1 Å². The Labute approximate surface area is 138 Å². The van der Waals surface area contributed by atoms with E-state index in [1.54, 1.807) is 12.1 Å². The monoisotopic (exact) mass is 436 g/mol. The molecule has 0 atom stereocenters. The Bertz CT molecular complexity index is 782. The quantitative estimate of drug-likeness (QED) is 0.720. The van der Waals surface area contributed by atoms with Gasteiger partial charge in [0.25, 0.3) is 0 Å². The van der Waals surface area contributed by atoms with Crippen molar-refractivity contribution in [3.63, 3.8) is 0 Å². The zero-order valence-corrected chi connectivity index (χ0v) is 14.6. The average molecular weight is 438 g/mol. The van der Waals surface area contributed by atoms with E-state index < -0.39 is 15.8 Å². The van der Waals surface area contributed by atoms with Crippen molar-refractivity contribution in [1.82, 2.24) is 4.72 Å². The lowest BCUT2D eigenvalue weighted by atomic mass is 10.2. The summed E-state index contributed by atoms with van der Waals surface area (Å²) in [4.78, 5) is -0.0488. The van der Waals surface area contributed by atoms with Gasteiger partial charge >= 0.3 is 0 Å². The van der Waals surface area contributed by atoms with Gasteiger partial charge in [0.05, 0.1) is 5.69 Å². The fraction of sp³-hybridized carbons (Fsp3) is 0.0769. The molecule has 0 fully saturated rings. The minimum Gasteiger partial charge on any atom is -0.398 e. The molecule has 0 aromatic heterocycles. The predicted molar refractivity (Wildman–Crippen MR) is 86.7 cm³/mol. The third kappa shape index (κ3) is 4.03. The summed E-state index contributed by atoms with van der Waals surface area (Å²) in [6.07, 6.45) is 0. The van der Waals surface area contributed by atoms with Crippen molar-refractivity contribution in [2.24, 2.45) is 0 Å². The molecule has 0 bridgehead atoms. The van der Waals surface area contributed by atoms with Crippen LogP contribution >= 0.6 is 31.9 Å². The molecular weight excluding hydrogens is 427 g/mol. The van der Waals surface area contributed by atoms with Gasteiger partial charge in [-0.3, -0.25) is 0 Å². The first-order valence-corrected chi connectivity index (χ1v) is 8.85. The van der Waals surface area contributed by atoms with Crippen LogP contribution in [0.5, 0.6) is 0 Å². The molecular formula is C13H11Br2FN2O2S. The Morgan fingerprint density at radius 3 is 2.43 bits per heavy atom. The van der Waals surface area contributed by atoms with Crippen molar-refractivity contribution in [1.29, 1.82) is 0 Å². The lowest BCUT2D eigenvalue weighted by Gasteiger charge is -2.10. The van der Waals surface area contributed by atoms with Gasteiger partial charge in [-0.25, -0.2) is 17.5 Å². The largest absolute Gasteiger partial charge is 0.398 e. The number of nitrogens with one attached hydrogen (secondary N) is 1. The molecule has 8 heteroatoms. The highest BCUT2D eigenvalue weighted by atomic mass is 79.9. The summed E-state index contributed by atoms with van der Waals surface area (Å²) >= 11 is 6.40. The van der Waals surface area contributed by atoms with Crippen LogP contribution in [0, 0.1) is 5.82 Å². The van der Waals surface area contributed by atoms with Gasteiger partial charge in [0, 0.05) is 21.1 Å². The van der Waals surface area contributed by atoms with Gasteiger partial charge in [0.1, 0.15) is 10.7 Å². The number of nitrogen functional groups attached to an aromatic ring is 1. The zero-order valence-electron chi connectivity index (χ0n) is 10.6. The molecule has 4 nitrogen and oxygen atoms in total.